The highest BCUT2D eigenvalue weighted by molar-refractivity contribution is 14.0. The maximum Gasteiger partial charge on any atom is 0.239 e. The average Bonchev–Trinajstić information content (AvgIpc) is 3.06. The third kappa shape index (κ3) is 5.00. The highest BCUT2D eigenvalue weighted by atomic mass is 127. The quantitative estimate of drug-likeness (QED) is 0.390. The van der Waals surface area contributed by atoms with Gasteiger partial charge in [0.25, 0.3) is 0 Å². The van der Waals surface area contributed by atoms with Gasteiger partial charge in [0.1, 0.15) is 0 Å². The Labute approximate surface area is 113 Å². The molecule has 0 heterocycles. The fourth-order valence-electron chi connectivity index (χ4n) is 1.29. The van der Waals surface area contributed by atoms with Crippen LogP contribution >= 0.6 is 24.0 Å². The lowest BCUT2D eigenvalue weighted by molar-refractivity contribution is -0.120. The molecular weight excluding hydrogens is 319 g/mol. The number of hydrogen-bond donors (Lipinski definition) is 3. The summed E-state index contributed by atoms with van der Waals surface area (Å²) in [6, 6.07) is 0.986. The largest absolute Gasteiger partial charge is 0.354 e. The Hall–Kier alpha value is -0.530. The third-order valence-corrected chi connectivity index (χ3v) is 2.50. The van der Waals surface area contributed by atoms with E-state index in [9.17, 15) is 4.79 Å². The Morgan fingerprint density at radius 3 is 2.25 bits per heavy atom. The first-order valence-corrected chi connectivity index (χ1v) is 5.54. The van der Waals surface area contributed by atoms with E-state index in [-0.39, 0.29) is 29.9 Å². The van der Waals surface area contributed by atoms with Crippen molar-refractivity contribution in [3.05, 3.63) is 0 Å². The molecule has 0 radical (unpaired) electrons. The van der Waals surface area contributed by atoms with Crippen LogP contribution in [0.5, 0.6) is 0 Å². The van der Waals surface area contributed by atoms with Gasteiger partial charge in [-0.3, -0.25) is 9.79 Å². The molecule has 2 fully saturated rings. The minimum atomic E-state index is 0. The lowest BCUT2D eigenvalue weighted by atomic mass is 10.5. The molecule has 2 saturated carbocycles. The molecule has 2 rings (SSSR count). The zero-order valence-corrected chi connectivity index (χ0v) is 11.8. The van der Waals surface area contributed by atoms with Gasteiger partial charge in [0, 0.05) is 19.1 Å². The fraction of sp³-hybridized carbons (Fsp3) is 0.800. The molecule has 0 aromatic carbocycles. The molecule has 0 spiro atoms. The highest BCUT2D eigenvalue weighted by Gasteiger charge is 2.24. The summed E-state index contributed by atoms with van der Waals surface area (Å²) in [6.45, 7) is 0.308. The van der Waals surface area contributed by atoms with Crippen LogP contribution in [0.3, 0.4) is 0 Å². The van der Waals surface area contributed by atoms with Gasteiger partial charge in [-0.1, -0.05) is 0 Å². The van der Waals surface area contributed by atoms with Crippen LogP contribution in [-0.2, 0) is 4.79 Å². The maximum atomic E-state index is 11.4. The van der Waals surface area contributed by atoms with Gasteiger partial charge in [0.05, 0.1) is 6.54 Å². The molecule has 0 aromatic heterocycles. The summed E-state index contributed by atoms with van der Waals surface area (Å²) in [5.41, 5.74) is 0. The summed E-state index contributed by atoms with van der Waals surface area (Å²) >= 11 is 0. The first kappa shape index (κ1) is 13.5. The van der Waals surface area contributed by atoms with E-state index >= 15 is 0 Å². The van der Waals surface area contributed by atoms with Crippen LogP contribution in [0.1, 0.15) is 25.7 Å². The molecule has 0 unspecified atom stereocenters. The van der Waals surface area contributed by atoms with E-state index in [4.69, 9.17) is 0 Å². The lowest BCUT2D eigenvalue weighted by Crippen LogP contribution is -2.44. The van der Waals surface area contributed by atoms with Gasteiger partial charge in [-0.15, -0.1) is 24.0 Å². The van der Waals surface area contributed by atoms with Gasteiger partial charge in [-0.25, -0.2) is 0 Å². The number of nitrogens with one attached hydrogen (secondary N) is 3. The molecule has 2 aliphatic carbocycles. The van der Waals surface area contributed by atoms with Crippen molar-refractivity contribution in [2.75, 3.05) is 13.6 Å². The fourth-order valence-corrected chi connectivity index (χ4v) is 1.29. The van der Waals surface area contributed by atoms with Crippen molar-refractivity contribution in [3.8, 4) is 0 Å². The number of hydrogen-bond acceptors (Lipinski definition) is 2. The van der Waals surface area contributed by atoms with Crippen molar-refractivity contribution in [3.63, 3.8) is 0 Å². The minimum Gasteiger partial charge on any atom is -0.354 e. The van der Waals surface area contributed by atoms with Crippen LogP contribution in [0.25, 0.3) is 0 Å². The van der Waals surface area contributed by atoms with E-state index in [0.717, 1.165) is 18.8 Å². The zero-order chi connectivity index (χ0) is 10.7. The number of nitrogens with zero attached hydrogens (tertiary/aromatic N) is 1. The highest BCUT2D eigenvalue weighted by Crippen LogP contribution is 2.18. The molecular formula is C10H19IN4O. The third-order valence-electron chi connectivity index (χ3n) is 2.50. The molecule has 0 aliphatic heterocycles. The molecule has 5 nitrogen and oxygen atoms in total. The zero-order valence-electron chi connectivity index (χ0n) is 9.45. The first-order chi connectivity index (χ1) is 7.28. The normalized spacial score (nSPS) is 19.7. The van der Waals surface area contributed by atoms with E-state index in [1.54, 1.807) is 7.05 Å². The predicted octanol–water partition coefficient (Wildman–Crippen LogP) is 0.210. The summed E-state index contributed by atoms with van der Waals surface area (Å²) in [5.74, 6) is 0.777. The van der Waals surface area contributed by atoms with Crippen molar-refractivity contribution >= 4 is 35.8 Å². The number of aliphatic imine (C=N–C) groups is 1. The van der Waals surface area contributed by atoms with Gasteiger partial charge >= 0.3 is 0 Å². The summed E-state index contributed by atoms with van der Waals surface area (Å²) in [6.07, 6.45) is 4.66. The van der Waals surface area contributed by atoms with Crippen LogP contribution in [0.15, 0.2) is 4.99 Å². The number of halogens is 1. The van der Waals surface area contributed by atoms with Gasteiger partial charge in [-0.05, 0) is 25.7 Å². The second-order valence-electron chi connectivity index (χ2n) is 4.19. The van der Waals surface area contributed by atoms with Crippen LogP contribution in [0.2, 0.25) is 0 Å². The van der Waals surface area contributed by atoms with E-state index in [1.165, 1.54) is 12.8 Å². The molecule has 0 atom stereocenters. The standard InChI is InChI=1S/C10H18N4O.HI/c1-11-10(14-8-4-5-8)12-6-9(15)13-7-2-3-7;/h7-8H,2-6H2,1H3,(H,13,15)(H2,11,12,14);1H. The molecule has 2 aliphatic rings. The second-order valence-corrected chi connectivity index (χ2v) is 4.19. The monoisotopic (exact) mass is 338 g/mol. The molecule has 6 heteroatoms. The first-order valence-electron chi connectivity index (χ1n) is 5.54. The second kappa shape index (κ2) is 6.27. The number of rotatable bonds is 4. The Balaban J connectivity index is 0.00000128. The topological polar surface area (TPSA) is 65.5 Å². The van der Waals surface area contributed by atoms with Gasteiger partial charge in [0.15, 0.2) is 5.96 Å². The van der Waals surface area contributed by atoms with Crippen molar-refractivity contribution in [1.82, 2.24) is 16.0 Å². The molecule has 0 saturated heterocycles. The lowest BCUT2D eigenvalue weighted by Gasteiger charge is -2.10. The van der Waals surface area contributed by atoms with Gasteiger partial charge in [0.2, 0.25) is 5.91 Å². The van der Waals surface area contributed by atoms with Crippen molar-refractivity contribution < 1.29 is 4.79 Å². The number of guanidine groups is 1. The van der Waals surface area contributed by atoms with Crippen LogP contribution in [0.4, 0.5) is 0 Å². The number of carbonyl (C=O) groups excluding carboxylic acids is 1. The van der Waals surface area contributed by atoms with Gasteiger partial charge in [-0.2, -0.15) is 0 Å². The van der Waals surface area contributed by atoms with E-state index < -0.39 is 0 Å². The molecule has 1 amide bonds. The number of carbonyl (C=O) groups is 1. The van der Waals surface area contributed by atoms with E-state index in [2.05, 4.69) is 20.9 Å². The summed E-state index contributed by atoms with van der Waals surface area (Å²) in [4.78, 5) is 15.4. The van der Waals surface area contributed by atoms with Crippen molar-refractivity contribution in [2.45, 2.75) is 37.8 Å². The Morgan fingerprint density at radius 1 is 1.19 bits per heavy atom. The van der Waals surface area contributed by atoms with Crippen LogP contribution in [0, 0.1) is 0 Å². The Morgan fingerprint density at radius 2 is 1.75 bits per heavy atom. The summed E-state index contributed by atoms with van der Waals surface area (Å²) in [5, 5.41) is 9.14. The van der Waals surface area contributed by atoms with E-state index in [0.29, 0.717) is 18.6 Å². The van der Waals surface area contributed by atoms with Crippen molar-refractivity contribution in [1.29, 1.82) is 0 Å². The smallest absolute Gasteiger partial charge is 0.239 e. The van der Waals surface area contributed by atoms with Gasteiger partial charge < -0.3 is 16.0 Å². The molecule has 16 heavy (non-hydrogen) atoms. The Bertz CT molecular complexity index is 274. The number of amides is 1. The summed E-state index contributed by atoms with van der Waals surface area (Å²) in [7, 11) is 1.72. The van der Waals surface area contributed by atoms with Crippen LogP contribution < -0.4 is 16.0 Å². The molecule has 0 bridgehead atoms. The average molecular weight is 338 g/mol. The molecule has 0 aromatic rings. The van der Waals surface area contributed by atoms with Crippen LogP contribution in [-0.4, -0.2) is 37.5 Å². The maximum absolute atomic E-state index is 11.4. The Kier molecular flexibility index (Phi) is 5.30. The SMILES string of the molecule is CN=C(NCC(=O)NC1CC1)NC1CC1.I. The molecule has 3 N–H and O–H groups in total. The van der Waals surface area contributed by atoms with E-state index in [1.807, 2.05) is 0 Å². The summed E-state index contributed by atoms with van der Waals surface area (Å²) < 4.78 is 0. The minimum absolute atomic E-state index is 0. The van der Waals surface area contributed by atoms with Crippen molar-refractivity contribution in [2.24, 2.45) is 4.99 Å². The predicted molar refractivity (Wildman–Crippen MR) is 74.1 cm³/mol. The molecule has 92 valence electrons.